The molecule has 7 rings (SSSR count). The summed E-state index contributed by atoms with van der Waals surface area (Å²) in [6.07, 6.45) is -3.66. The minimum atomic E-state index is -5.10. The second-order valence-electron chi connectivity index (χ2n) is 14.6. The van der Waals surface area contributed by atoms with Crippen LogP contribution in [0, 0.1) is 29.4 Å². The van der Waals surface area contributed by atoms with Crippen LogP contribution in [0.5, 0.6) is 0 Å². The van der Waals surface area contributed by atoms with E-state index in [9.17, 15) is 40.3 Å². The van der Waals surface area contributed by atoms with Crippen molar-refractivity contribution in [2.75, 3.05) is 11.0 Å². The molecule has 0 saturated heterocycles. The van der Waals surface area contributed by atoms with E-state index in [-0.39, 0.29) is 44.3 Å². The fourth-order valence-corrected chi connectivity index (χ4v) is 8.07. The third-order valence-electron chi connectivity index (χ3n) is 10.1. The predicted molar refractivity (Wildman–Crippen MR) is 198 cm³/mol. The number of nitrogens with zero attached hydrogens (tertiary/aromatic N) is 5. The van der Waals surface area contributed by atoms with Crippen molar-refractivity contribution in [2.45, 2.75) is 69.3 Å². The van der Waals surface area contributed by atoms with Gasteiger partial charge in [-0.2, -0.15) is 32.1 Å². The molecule has 1 amide bonds. The van der Waals surface area contributed by atoms with Crippen LogP contribution in [0.15, 0.2) is 42.5 Å². The van der Waals surface area contributed by atoms with Crippen LogP contribution < -0.4 is 10.0 Å². The summed E-state index contributed by atoms with van der Waals surface area (Å²) in [7, 11) is -2.35. The first-order valence-corrected chi connectivity index (χ1v) is 20.0. The van der Waals surface area contributed by atoms with Gasteiger partial charge in [0.05, 0.1) is 33.9 Å². The number of aromatic nitrogens is 5. The third-order valence-corrected chi connectivity index (χ3v) is 11.0. The van der Waals surface area contributed by atoms with Crippen LogP contribution in [0.25, 0.3) is 22.0 Å². The number of hydrogen-bond acceptors (Lipinski definition) is 7. The fourth-order valence-electron chi connectivity index (χ4n) is 7.33. The van der Waals surface area contributed by atoms with Gasteiger partial charge < -0.3 is 10.4 Å². The summed E-state index contributed by atoms with van der Waals surface area (Å²) in [4.78, 5) is 18.6. The molecule has 3 aromatic heterocycles. The third kappa shape index (κ3) is 7.96. The molecule has 58 heavy (non-hydrogen) atoms. The minimum absolute atomic E-state index is 0.00284. The second-order valence-corrected chi connectivity index (χ2v) is 16.7. The molecule has 20 heteroatoms. The van der Waals surface area contributed by atoms with Crippen LogP contribution in [-0.2, 0) is 53.4 Å². The largest absolute Gasteiger partial charge is 0.435 e. The Morgan fingerprint density at radius 3 is 2.38 bits per heavy atom. The number of anilines is 1. The van der Waals surface area contributed by atoms with Gasteiger partial charge in [-0.1, -0.05) is 30.5 Å². The summed E-state index contributed by atoms with van der Waals surface area (Å²) in [5.74, 6) is -2.83. The lowest BCUT2D eigenvalue weighted by Gasteiger charge is -2.30. The molecule has 3 heterocycles. The second kappa shape index (κ2) is 14.6. The Bertz CT molecular complexity index is 2650. The Balaban J connectivity index is 1.39. The molecule has 2 aliphatic carbocycles. The zero-order chi connectivity index (χ0) is 42.1. The lowest BCUT2D eigenvalue weighted by molar-refractivity contribution is -0.142. The summed E-state index contributed by atoms with van der Waals surface area (Å²) in [6.45, 7) is -0.0222. The van der Waals surface area contributed by atoms with Crippen molar-refractivity contribution in [3.05, 3.63) is 93.0 Å². The van der Waals surface area contributed by atoms with E-state index >= 15 is 8.78 Å². The predicted octanol–water partition coefficient (Wildman–Crippen LogP) is 6.80. The zero-order valence-corrected chi connectivity index (χ0v) is 32.4. The van der Waals surface area contributed by atoms with Crippen LogP contribution in [0.1, 0.15) is 66.1 Å². The van der Waals surface area contributed by atoms with Crippen molar-refractivity contribution >= 4 is 44.3 Å². The zero-order valence-electron chi connectivity index (χ0n) is 30.8. The average Bonchev–Trinajstić information content (AvgIpc) is 3.70. The van der Waals surface area contributed by atoms with Crippen molar-refractivity contribution in [1.29, 1.82) is 0 Å². The van der Waals surface area contributed by atoms with Crippen LogP contribution in [0.4, 0.5) is 36.6 Å². The summed E-state index contributed by atoms with van der Waals surface area (Å²) in [5.41, 5.74) is -3.71. The van der Waals surface area contributed by atoms with Gasteiger partial charge in [0.25, 0.3) is 5.92 Å². The number of carbonyl (C=O) groups excluding carboxylic acids is 1. The Morgan fingerprint density at radius 2 is 1.76 bits per heavy atom. The van der Waals surface area contributed by atoms with E-state index in [2.05, 4.69) is 32.1 Å². The number of aryl methyl sites for hydroxylation is 1. The molecule has 306 valence electrons. The monoisotopic (exact) mass is 851 g/mol. The van der Waals surface area contributed by atoms with E-state index in [1.165, 1.54) is 23.9 Å². The molecule has 0 radical (unpaired) electrons. The molecular formula is C38H33ClF7N7O4S. The molecule has 11 nitrogen and oxygen atoms in total. The number of rotatable bonds is 9. The van der Waals surface area contributed by atoms with Crippen LogP contribution in [0.3, 0.4) is 0 Å². The molecule has 2 aliphatic rings. The standard InChI is InChI=1S/C38H33ClF7N7O4S/c1-19-13-26-33(38(44,45)46)49-53(34(26)37(19,42)43)18-29(54)48-28(16-20-14-21(40)17-22(41)15-20)31-24(6-5-23(47-31)9-12-36(55)10-4-11-36)25-7-8-27(39)30-32(25)52(2)50-35(30)51-58(3,56)57/h5-8,14-15,17,19,28,55H,4,10-11,13,16,18H2,1-3H3,(H,48,54)(H,50,51)/t19-,28+/m1/s1. The smallest absolute Gasteiger partial charge is 0.378 e. The van der Waals surface area contributed by atoms with Crippen molar-refractivity contribution in [3.63, 3.8) is 0 Å². The molecule has 0 spiro atoms. The maximum Gasteiger partial charge on any atom is 0.435 e. The summed E-state index contributed by atoms with van der Waals surface area (Å²) in [5, 5.41) is 21.3. The number of nitrogens with one attached hydrogen (secondary N) is 2. The fraction of sp³-hybridized carbons (Fsp3) is 0.368. The van der Waals surface area contributed by atoms with Gasteiger partial charge in [-0.25, -0.2) is 22.2 Å². The van der Waals surface area contributed by atoms with Gasteiger partial charge >= 0.3 is 6.18 Å². The number of benzene rings is 2. The quantitative estimate of drug-likeness (QED) is 0.109. The van der Waals surface area contributed by atoms with E-state index in [1.54, 1.807) is 12.1 Å². The van der Waals surface area contributed by atoms with Gasteiger partial charge in [0, 0.05) is 35.7 Å². The first-order valence-electron chi connectivity index (χ1n) is 17.7. The maximum atomic E-state index is 15.4. The van der Waals surface area contributed by atoms with E-state index in [4.69, 9.17) is 16.6 Å². The molecule has 1 fully saturated rings. The van der Waals surface area contributed by atoms with Gasteiger partial charge in [-0.3, -0.25) is 18.9 Å². The summed E-state index contributed by atoms with van der Waals surface area (Å²) in [6, 6.07) is 7.24. The number of aliphatic hydroxyl groups is 1. The van der Waals surface area contributed by atoms with Gasteiger partial charge in [0.1, 0.15) is 35.2 Å². The highest BCUT2D eigenvalue weighted by atomic mass is 35.5. The first kappa shape index (κ1) is 41.0. The van der Waals surface area contributed by atoms with E-state index in [1.807, 2.05) is 0 Å². The minimum Gasteiger partial charge on any atom is -0.378 e. The Hall–Kier alpha value is -5.19. The Labute approximate surface area is 331 Å². The van der Waals surface area contributed by atoms with Crippen LogP contribution in [0.2, 0.25) is 5.02 Å². The number of carbonyl (C=O) groups is 1. The van der Waals surface area contributed by atoms with Gasteiger partial charge in [-0.05, 0) is 73.9 Å². The van der Waals surface area contributed by atoms with Crippen molar-refractivity contribution < 1.29 is 49.1 Å². The van der Waals surface area contributed by atoms with Crippen molar-refractivity contribution in [2.24, 2.45) is 13.0 Å². The number of alkyl halides is 5. The molecule has 2 aromatic carbocycles. The number of sulfonamides is 1. The molecular weight excluding hydrogens is 819 g/mol. The molecule has 3 N–H and O–H groups in total. The van der Waals surface area contributed by atoms with Crippen molar-refractivity contribution in [3.8, 4) is 23.0 Å². The Kier molecular flexibility index (Phi) is 10.3. The molecule has 1 saturated carbocycles. The first-order chi connectivity index (χ1) is 27.0. The highest BCUT2D eigenvalue weighted by Gasteiger charge is 2.54. The van der Waals surface area contributed by atoms with Gasteiger partial charge in [0.15, 0.2) is 11.5 Å². The lowest BCUT2D eigenvalue weighted by atomic mass is 9.81. The highest BCUT2D eigenvalue weighted by Crippen LogP contribution is 2.49. The summed E-state index contributed by atoms with van der Waals surface area (Å²) >= 11 is 6.57. The molecule has 0 unspecified atom stereocenters. The SMILES string of the molecule is C[C@@H]1Cc2c(C(F)(F)F)nn(CC(=O)N[C@@H](Cc3cc(F)cc(F)c3)c3nc(C#CC4(O)CCC4)ccc3-c3ccc(Cl)c4c(NS(C)(=O)=O)nn(C)c34)c2C1(F)F. The number of halogens is 8. The van der Waals surface area contributed by atoms with E-state index in [0.717, 1.165) is 31.7 Å². The topological polar surface area (TPSA) is 144 Å². The van der Waals surface area contributed by atoms with E-state index < -0.39 is 93.6 Å². The molecule has 0 bridgehead atoms. The number of amides is 1. The van der Waals surface area contributed by atoms with Crippen LogP contribution >= 0.6 is 11.6 Å². The maximum absolute atomic E-state index is 15.4. The number of fused-ring (bicyclic) bond motifs is 2. The number of pyridine rings is 1. The van der Waals surface area contributed by atoms with E-state index in [0.29, 0.717) is 29.2 Å². The molecule has 0 aliphatic heterocycles. The summed E-state index contributed by atoms with van der Waals surface area (Å²) < 4.78 is 130. The lowest BCUT2D eigenvalue weighted by Crippen LogP contribution is -2.35. The van der Waals surface area contributed by atoms with Gasteiger partial charge in [0.2, 0.25) is 15.9 Å². The molecule has 2 atom stereocenters. The molecule has 5 aromatic rings. The van der Waals surface area contributed by atoms with Crippen LogP contribution in [-0.4, -0.2) is 55.8 Å². The number of hydrogen-bond donors (Lipinski definition) is 3. The Morgan fingerprint density at radius 1 is 1.09 bits per heavy atom. The van der Waals surface area contributed by atoms with Crippen molar-refractivity contribution in [1.82, 2.24) is 29.9 Å². The highest BCUT2D eigenvalue weighted by molar-refractivity contribution is 7.92. The van der Waals surface area contributed by atoms with Gasteiger partial charge in [-0.15, -0.1) is 0 Å². The average molecular weight is 852 g/mol. The normalized spacial score (nSPS) is 17.6.